The zero-order valence-electron chi connectivity index (χ0n) is 11.3. The number of aromatic hydroxyl groups is 1. The summed E-state index contributed by atoms with van der Waals surface area (Å²) in [7, 11) is 0. The number of anilines is 1. The van der Waals surface area contributed by atoms with Gasteiger partial charge < -0.3 is 10.4 Å². The van der Waals surface area contributed by atoms with Gasteiger partial charge in [-0.2, -0.15) is 0 Å². The standard InChI is InChI=1S/C17H16N2O/c1-12-7-8-15(20)16-14(9-10-18-17(12)16)19-11-13-5-3-2-4-6-13/h2-10,20H,11H2,1H3,(H,18,19). The van der Waals surface area contributed by atoms with E-state index in [-0.39, 0.29) is 5.75 Å². The fraction of sp³-hybridized carbons (Fsp3) is 0.118. The van der Waals surface area contributed by atoms with E-state index >= 15 is 0 Å². The third kappa shape index (κ3) is 2.30. The van der Waals surface area contributed by atoms with E-state index in [0.29, 0.717) is 6.54 Å². The summed E-state index contributed by atoms with van der Waals surface area (Å²) >= 11 is 0. The van der Waals surface area contributed by atoms with Crippen LogP contribution in [-0.4, -0.2) is 10.1 Å². The van der Waals surface area contributed by atoms with Crippen molar-refractivity contribution in [1.29, 1.82) is 0 Å². The highest BCUT2D eigenvalue weighted by molar-refractivity contribution is 5.97. The molecule has 1 aromatic heterocycles. The van der Waals surface area contributed by atoms with Crippen molar-refractivity contribution in [1.82, 2.24) is 4.98 Å². The minimum absolute atomic E-state index is 0.259. The quantitative estimate of drug-likeness (QED) is 0.755. The van der Waals surface area contributed by atoms with Gasteiger partial charge in [0.25, 0.3) is 0 Å². The Morgan fingerprint density at radius 1 is 1.05 bits per heavy atom. The first-order chi connectivity index (χ1) is 9.75. The molecular weight excluding hydrogens is 248 g/mol. The Labute approximate surface area is 117 Å². The Bertz CT molecular complexity index is 739. The third-order valence-electron chi connectivity index (χ3n) is 3.40. The molecule has 0 saturated carbocycles. The van der Waals surface area contributed by atoms with Gasteiger partial charge in [-0.15, -0.1) is 0 Å². The zero-order valence-corrected chi connectivity index (χ0v) is 11.3. The summed E-state index contributed by atoms with van der Waals surface area (Å²) in [5, 5.41) is 14.2. The molecular formula is C17H16N2O. The summed E-state index contributed by atoms with van der Waals surface area (Å²) in [6, 6.07) is 15.7. The van der Waals surface area contributed by atoms with Gasteiger partial charge in [0.2, 0.25) is 0 Å². The Balaban J connectivity index is 1.98. The molecule has 100 valence electrons. The van der Waals surface area contributed by atoms with Crippen molar-refractivity contribution in [3.63, 3.8) is 0 Å². The predicted octanol–water partition coefficient (Wildman–Crippen LogP) is 3.86. The first-order valence-electron chi connectivity index (χ1n) is 6.61. The van der Waals surface area contributed by atoms with Crippen molar-refractivity contribution in [3.05, 3.63) is 65.9 Å². The fourth-order valence-corrected chi connectivity index (χ4v) is 2.33. The van der Waals surface area contributed by atoms with Crippen LogP contribution in [-0.2, 0) is 6.54 Å². The van der Waals surface area contributed by atoms with Gasteiger partial charge in [-0.25, -0.2) is 0 Å². The van der Waals surface area contributed by atoms with Crippen molar-refractivity contribution in [2.24, 2.45) is 0 Å². The van der Waals surface area contributed by atoms with E-state index in [1.165, 1.54) is 5.56 Å². The van der Waals surface area contributed by atoms with E-state index < -0.39 is 0 Å². The number of pyridine rings is 1. The van der Waals surface area contributed by atoms with Gasteiger partial charge in [-0.3, -0.25) is 4.98 Å². The molecule has 20 heavy (non-hydrogen) atoms. The molecule has 3 aromatic rings. The number of aryl methyl sites for hydroxylation is 1. The smallest absolute Gasteiger partial charge is 0.127 e. The van der Waals surface area contributed by atoms with Crippen LogP contribution < -0.4 is 5.32 Å². The van der Waals surface area contributed by atoms with Crippen molar-refractivity contribution < 1.29 is 5.11 Å². The number of benzene rings is 2. The lowest BCUT2D eigenvalue weighted by atomic mass is 10.1. The van der Waals surface area contributed by atoms with Crippen LogP contribution in [0.3, 0.4) is 0 Å². The number of hydrogen-bond acceptors (Lipinski definition) is 3. The lowest BCUT2D eigenvalue weighted by molar-refractivity contribution is 0.481. The second kappa shape index (κ2) is 5.21. The monoisotopic (exact) mass is 264 g/mol. The lowest BCUT2D eigenvalue weighted by Crippen LogP contribution is -2.00. The van der Waals surface area contributed by atoms with Crippen LogP contribution in [0.4, 0.5) is 5.69 Å². The van der Waals surface area contributed by atoms with Crippen LogP contribution in [0.25, 0.3) is 10.9 Å². The second-order valence-corrected chi connectivity index (χ2v) is 4.82. The molecule has 0 fully saturated rings. The van der Waals surface area contributed by atoms with E-state index in [1.807, 2.05) is 37.3 Å². The molecule has 2 aromatic carbocycles. The number of fused-ring (bicyclic) bond motifs is 1. The molecule has 0 aliphatic heterocycles. The third-order valence-corrected chi connectivity index (χ3v) is 3.40. The molecule has 0 unspecified atom stereocenters. The van der Waals surface area contributed by atoms with Crippen molar-refractivity contribution >= 4 is 16.6 Å². The largest absolute Gasteiger partial charge is 0.507 e. The molecule has 0 aliphatic rings. The van der Waals surface area contributed by atoms with E-state index in [4.69, 9.17) is 0 Å². The highest BCUT2D eigenvalue weighted by atomic mass is 16.3. The van der Waals surface area contributed by atoms with E-state index in [9.17, 15) is 5.11 Å². The Hall–Kier alpha value is -2.55. The number of aromatic nitrogens is 1. The van der Waals surface area contributed by atoms with Crippen molar-refractivity contribution in [3.8, 4) is 5.75 Å². The molecule has 0 atom stereocenters. The molecule has 3 heteroatoms. The van der Waals surface area contributed by atoms with Gasteiger partial charge in [-0.1, -0.05) is 36.4 Å². The normalized spacial score (nSPS) is 10.7. The summed E-state index contributed by atoms with van der Waals surface area (Å²) in [5.41, 5.74) is 3.99. The van der Waals surface area contributed by atoms with E-state index in [1.54, 1.807) is 12.3 Å². The first kappa shape index (κ1) is 12.5. The SMILES string of the molecule is Cc1ccc(O)c2c(NCc3ccccc3)ccnc12. The highest BCUT2D eigenvalue weighted by Gasteiger charge is 2.08. The number of nitrogens with zero attached hydrogens (tertiary/aromatic N) is 1. The predicted molar refractivity (Wildman–Crippen MR) is 81.9 cm³/mol. The van der Waals surface area contributed by atoms with Crippen molar-refractivity contribution in [2.75, 3.05) is 5.32 Å². The average molecular weight is 264 g/mol. The topological polar surface area (TPSA) is 45.1 Å². The number of phenols is 1. The van der Waals surface area contributed by atoms with Gasteiger partial charge in [-0.05, 0) is 30.2 Å². The molecule has 0 spiro atoms. The summed E-state index contributed by atoms with van der Waals surface area (Å²) in [6.07, 6.45) is 1.77. The number of hydrogen-bond donors (Lipinski definition) is 2. The summed E-state index contributed by atoms with van der Waals surface area (Å²) in [5.74, 6) is 0.259. The summed E-state index contributed by atoms with van der Waals surface area (Å²) in [4.78, 5) is 4.36. The van der Waals surface area contributed by atoms with E-state index in [0.717, 1.165) is 22.2 Å². The molecule has 0 aliphatic carbocycles. The van der Waals surface area contributed by atoms with Gasteiger partial charge in [0.15, 0.2) is 0 Å². The molecule has 3 nitrogen and oxygen atoms in total. The molecule has 2 N–H and O–H groups in total. The Morgan fingerprint density at radius 3 is 2.65 bits per heavy atom. The van der Waals surface area contributed by atoms with Gasteiger partial charge in [0.1, 0.15) is 5.75 Å². The molecule has 0 bridgehead atoms. The minimum Gasteiger partial charge on any atom is -0.507 e. The molecule has 0 saturated heterocycles. The van der Waals surface area contributed by atoms with Crippen LogP contribution in [0, 0.1) is 6.92 Å². The fourth-order valence-electron chi connectivity index (χ4n) is 2.33. The molecule has 1 heterocycles. The Morgan fingerprint density at radius 2 is 1.85 bits per heavy atom. The first-order valence-corrected chi connectivity index (χ1v) is 6.61. The van der Waals surface area contributed by atoms with Crippen LogP contribution >= 0.6 is 0 Å². The van der Waals surface area contributed by atoms with Gasteiger partial charge in [0, 0.05) is 18.4 Å². The number of rotatable bonds is 3. The number of nitrogens with one attached hydrogen (secondary N) is 1. The van der Waals surface area contributed by atoms with Gasteiger partial charge in [0.05, 0.1) is 10.9 Å². The second-order valence-electron chi connectivity index (χ2n) is 4.82. The zero-order chi connectivity index (χ0) is 13.9. The summed E-state index contributed by atoms with van der Waals surface area (Å²) in [6.45, 7) is 2.71. The maximum atomic E-state index is 10.1. The van der Waals surface area contributed by atoms with Gasteiger partial charge >= 0.3 is 0 Å². The maximum Gasteiger partial charge on any atom is 0.127 e. The van der Waals surface area contributed by atoms with Crippen LogP contribution in [0.5, 0.6) is 5.75 Å². The minimum atomic E-state index is 0.259. The van der Waals surface area contributed by atoms with Crippen LogP contribution in [0.2, 0.25) is 0 Å². The van der Waals surface area contributed by atoms with Crippen LogP contribution in [0.15, 0.2) is 54.7 Å². The maximum absolute atomic E-state index is 10.1. The molecule has 0 radical (unpaired) electrons. The molecule has 0 amide bonds. The lowest BCUT2D eigenvalue weighted by Gasteiger charge is -2.11. The molecule has 3 rings (SSSR count). The number of phenolic OH excluding ortho intramolecular Hbond substituents is 1. The Kier molecular flexibility index (Phi) is 3.25. The summed E-state index contributed by atoms with van der Waals surface area (Å²) < 4.78 is 0. The highest BCUT2D eigenvalue weighted by Crippen LogP contribution is 2.32. The van der Waals surface area contributed by atoms with Crippen molar-refractivity contribution in [2.45, 2.75) is 13.5 Å². The average Bonchev–Trinajstić information content (AvgIpc) is 2.50. The van der Waals surface area contributed by atoms with E-state index in [2.05, 4.69) is 22.4 Å². The van der Waals surface area contributed by atoms with Crippen LogP contribution in [0.1, 0.15) is 11.1 Å².